The number of nitrogens with one attached hydrogen (secondary N) is 3. The molecule has 0 fully saturated rings. The fourth-order valence-electron chi connectivity index (χ4n) is 3.18. The number of guanidine groups is 1. The summed E-state index contributed by atoms with van der Waals surface area (Å²) in [4.78, 5) is 11.8. The second-order valence-electron chi connectivity index (χ2n) is 6.58. The number of rotatable bonds is 6. The lowest BCUT2D eigenvalue weighted by Crippen LogP contribution is -2.37. The molecule has 0 saturated heterocycles. The van der Waals surface area contributed by atoms with Crippen LogP contribution in [0.4, 0.5) is 4.39 Å². The maximum absolute atomic E-state index is 13.5. The van der Waals surface area contributed by atoms with E-state index in [1.54, 1.807) is 36.3 Å². The molecule has 8 heteroatoms. The first kappa shape index (κ1) is 18.7. The Kier molecular flexibility index (Phi) is 5.51. The van der Waals surface area contributed by atoms with Gasteiger partial charge >= 0.3 is 0 Å². The number of halogens is 1. The van der Waals surface area contributed by atoms with Crippen LogP contribution in [0.15, 0.2) is 66.2 Å². The number of aliphatic imine (C=N–C) groups is 1. The summed E-state index contributed by atoms with van der Waals surface area (Å²) in [7, 11) is 1.73. The minimum absolute atomic E-state index is 0.226. The van der Waals surface area contributed by atoms with Crippen molar-refractivity contribution in [3.05, 3.63) is 78.1 Å². The second kappa shape index (κ2) is 8.55. The maximum atomic E-state index is 13.5. The third-order valence-corrected chi connectivity index (χ3v) is 4.65. The summed E-state index contributed by atoms with van der Waals surface area (Å²) in [5, 5.41) is 11.7. The number of hydrogen-bond acceptors (Lipinski definition) is 3. The van der Waals surface area contributed by atoms with Crippen LogP contribution in [0.3, 0.4) is 0 Å². The van der Waals surface area contributed by atoms with Gasteiger partial charge in [-0.25, -0.2) is 14.1 Å². The van der Waals surface area contributed by atoms with E-state index >= 15 is 0 Å². The van der Waals surface area contributed by atoms with E-state index in [0.717, 1.165) is 34.3 Å². The topological polar surface area (TPSA) is 82.9 Å². The number of aromatic nitrogens is 4. The van der Waals surface area contributed by atoms with Gasteiger partial charge in [0.2, 0.25) is 0 Å². The van der Waals surface area contributed by atoms with Gasteiger partial charge in [-0.3, -0.25) is 4.99 Å². The molecule has 0 aliphatic carbocycles. The second-order valence-corrected chi connectivity index (χ2v) is 6.58. The fourth-order valence-corrected chi connectivity index (χ4v) is 3.18. The summed E-state index contributed by atoms with van der Waals surface area (Å²) in [5.74, 6) is 1.24. The van der Waals surface area contributed by atoms with Crippen LogP contribution >= 0.6 is 0 Å². The van der Waals surface area contributed by atoms with Crippen LogP contribution in [-0.2, 0) is 13.0 Å². The summed E-state index contributed by atoms with van der Waals surface area (Å²) in [5.41, 5.74) is 3.08. The van der Waals surface area contributed by atoms with Crippen LogP contribution in [0.5, 0.6) is 0 Å². The van der Waals surface area contributed by atoms with Crippen molar-refractivity contribution in [1.82, 2.24) is 30.4 Å². The first-order chi connectivity index (χ1) is 14.2. The average molecular weight is 391 g/mol. The monoisotopic (exact) mass is 391 g/mol. The molecule has 0 amide bonds. The SMILES string of the molecule is CN=C(NCCc1c[nH]c2ccc(F)cc12)NCc1ccnc(-n2cccn2)c1. The van der Waals surface area contributed by atoms with Gasteiger partial charge < -0.3 is 15.6 Å². The molecule has 4 aromatic rings. The fraction of sp³-hybridized carbons (Fsp3) is 0.190. The Morgan fingerprint density at radius 2 is 2.14 bits per heavy atom. The van der Waals surface area contributed by atoms with Crippen LogP contribution in [0.2, 0.25) is 0 Å². The van der Waals surface area contributed by atoms with Gasteiger partial charge in [0.15, 0.2) is 11.8 Å². The third-order valence-electron chi connectivity index (χ3n) is 4.65. The first-order valence-corrected chi connectivity index (χ1v) is 9.38. The normalized spacial score (nSPS) is 11.7. The standard InChI is InChI=1S/C21H22FN7/c1-23-21(25-9-6-16-14-26-19-4-3-17(22)12-18(16)19)27-13-15-5-8-24-20(11-15)29-10-2-7-28-29/h2-5,7-8,10-12,14,26H,6,9,13H2,1H3,(H2,23,25,27). The van der Waals surface area contributed by atoms with Gasteiger partial charge in [0.1, 0.15) is 5.82 Å². The van der Waals surface area contributed by atoms with Crippen molar-refractivity contribution >= 4 is 16.9 Å². The molecule has 0 aliphatic heterocycles. The Labute approximate surface area is 167 Å². The minimum atomic E-state index is -0.226. The Hall–Kier alpha value is -3.68. The average Bonchev–Trinajstić information content (AvgIpc) is 3.41. The lowest BCUT2D eigenvalue weighted by atomic mass is 10.1. The number of aromatic amines is 1. The van der Waals surface area contributed by atoms with Crippen molar-refractivity contribution < 1.29 is 4.39 Å². The molecule has 29 heavy (non-hydrogen) atoms. The zero-order valence-corrected chi connectivity index (χ0v) is 16.1. The zero-order valence-electron chi connectivity index (χ0n) is 16.1. The lowest BCUT2D eigenvalue weighted by Gasteiger charge is -2.12. The van der Waals surface area contributed by atoms with E-state index in [2.05, 4.69) is 30.7 Å². The van der Waals surface area contributed by atoms with E-state index in [0.29, 0.717) is 19.0 Å². The predicted octanol–water partition coefficient (Wildman–Crippen LogP) is 2.80. The summed E-state index contributed by atoms with van der Waals surface area (Å²) in [6, 6.07) is 10.6. The van der Waals surface area contributed by atoms with Crippen molar-refractivity contribution in [2.75, 3.05) is 13.6 Å². The summed E-state index contributed by atoms with van der Waals surface area (Å²) < 4.78 is 15.2. The highest BCUT2D eigenvalue weighted by molar-refractivity contribution is 5.83. The van der Waals surface area contributed by atoms with E-state index in [9.17, 15) is 4.39 Å². The summed E-state index contributed by atoms with van der Waals surface area (Å²) in [6.07, 6.45) is 8.02. The molecule has 0 aliphatic rings. The Bertz CT molecular complexity index is 1120. The number of pyridine rings is 1. The number of benzene rings is 1. The molecule has 0 bridgehead atoms. The minimum Gasteiger partial charge on any atom is -0.361 e. The zero-order chi connectivity index (χ0) is 20.1. The van der Waals surface area contributed by atoms with Crippen molar-refractivity contribution in [3.8, 4) is 5.82 Å². The lowest BCUT2D eigenvalue weighted by molar-refractivity contribution is 0.629. The molecule has 0 spiro atoms. The highest BCUT2D eigenvalue weighted by atomic mass is 19.1. The molecule has 0 unspecified atom stereocenters. The third kappa shape index (κ3) is 4.43. The van der Waals surface area contributed by atoms with Gasteiger partial charge in [-0.1, -0.05) is 0 Å². The summed E-state index contributed by atoms with van der Waals surface area (Å²) in [6.45, 7) is 1.28. The number of fused-ring (bicyclic) bond motifs is 1. The molecular formula is C21H22FN7. The van der Waals surface area contributed by atoms with Gasteiger partial charge in [-0.15, -0.1) is 0 Å². The molecular weight excluding hydrogens is 369 g/mol. The largest absolute Gasteiger partial charge is 0.361 e. The molecule has 0 saturated carbocycles. The highest BCUT2D eigenvalue weighted by Gasteiger charge is 2.06. The van der Waals surface area contributed by atoms with E-state index in [1.807, 2.05) is 30.6 Å². The van der Waals surface area contributed by atoms with Gasteiger partial charge in [-0.2, -0.15) is 5.10 Å². The quantitative estimate of drug-likeness (QED) is 0.349. The van der Waals surface area contributed by atoms with Crippen molar-refractivity contribution in [2.24, 2.45) is 4.99 Å². The Balaban J connectivity index is 1.32. The number of nitrogens with zero attached hydrogens (tertiary/aromatic N) is 4. The smallest absolute Gasteiger partial charge is 0.191 e. The molecule has 1 aromatic carbocycles. The molecule has 148 valence electrons. The molecule has 3 heterocycles. The number of H-pyrrole nitrogens is 1. The summed E-state index contributed by atoms with van der Waals surface area (Å²) >= 11 is 0. The Morgan fingerprint density at radius 3 is 2.97 bits per heavy atom. The molecule has 4 rings (SSSR count). The first-order valence-electron chi connectivity index (χ1n) is 9.38. The molecule has 3 aromatic heterocycles. The Morgan fingerprint density at radius 1 is 1.21 bits per heavy atom. The maximum Gasteiger partial charge on any atom is 0.191 e. The van der Waals surface area contributed by atoms with E-state index < -0.39 is 0 Å². The van der Waals surface area contributed by atoms with Gasteiger partial charge in [0.05, 0.1) is 0 Å². The van der Waals surface area contributed by atoms with Crippen LogP contribution in [0.25, 0.3) is 16.7 Å². The van der Waals surface area contributed by atoms with Crippen LogP contribution in [-0.4, -0.2) is 39.3 Å². The molecule has 0 atom stereocenters. The van der Waals surface area contributed by atoms with Gasteiger partial charge in [0.25, 0.3) is 0 Å². The van der Waals surface area contributed by atoms with Crippen LogP contribution in [0, 0.1) is 5.82 Å². The van der Waals surface area contributed by atoms with Crippen molar-refractivity contribution in [3.63, 3.8) is 0 Å². The van der Waals surface area contributed by atoms with E-state index in [4.69, 9.17) is 0 Å². The highest BCUT2D eigenvalue weighted by Crippen LogP contribution is 2.19. The van der Waals surface area contributed by atoms with E-state index in [1.165, 1.54) is 6.07 Å². The van der Waals surface area contributed by atoms with Crippen molar-refractivity contribution in [2.45, 2.75) is 13.0 Å². The van der Waals surface area contributed by atoms with Gasteiger partial charge in [0, 0.05) is 55.8 Å². The van der Waals surface area contributed by atoms with E-state index in [-0.39, 0.29) is 5.82 Å². The predicted molar refractivity (Wildman–Crippen MR) is 112 cm³/mol. The molecule has 7 nitrogen and oxygen atoms in total. The number of hydrogen-bond donors (Lipinski definition) is 3. The van der Waals surface area contributed by atoms with Crippen LogP contribution < -0.4 is 10.6 Å². The van der Waals surface area contributed by atoms with Crippen LogP contribution in [0.1, 0.15) is 11.1 Å². The molecule has 3 N–H and O–H groups in total. The van der Waals surface area contributed by atoms with Gasteiger partial charge in [-0.05, 0) is 53.9 Å². The molecule has 0 radical (unpaired) electrons. The van der Waals surface area contributed by atoms with Crippen molar-refractivity contribution in [1.29, 1.82) is 0 Å².